The number of aliphatic carboxylic acids is 1. The minimum absolute atomic E-state index is 0.201. The van der Waals surface area contributed by atoms with Gasteiger partial charge in [-0.05, 0) is 51.4 Å². The van der Waals surface area contributed by atoms with Crippen LogP contribution in [-0.4, -0.2) is 17.7 Å². The average molecular weight is 295 g/mol. The van der Waals surface area contributed by atoms with Crippen molar-refractivity contribution in [1.82, 2.24) is 0 Å². The fourth-order valence-corrected chi connectivity index (χ4v) is 2.12. The summed E-state index contributed by atoms with van der Waals surface area (Å²) in [6.45, 7) is 0.309. The van der Waals surface area contributed by atoms with Crippen LogP contribution in [0.1, 0.15) is 77.0 Å². The summed E-state index contributed by atoms with van der Waals surface area (Å²) in [5.74, 6) is -0.931. The van der Waals surface area contributed by atoms with Crippen LogP contribution in [-0.2, 0) is 4.79 Å². The van der Waals surface area contributed by atoms with E-state index in [4.69, 9.17) is 5.11 Å². The molecule has 21 heavy (non-hydrogen) atoms. The number of aliphatic hydroxyl groups excluding tert-OH is 1. The van der Waals surface area contributed by atoms with Gasteiger partial charge in [-0.25, -0.2) is 0 Å². The first kappa shape index (κ1) is 19.9. The van der Waals surface area contributed by atoms with E-state index in [0.717, 1.165) is 51.4 Å². The van der Waals surface area contributed by atoms with E-state index in [1.807, 2.05) is 0 Å². The van der Waals surface area contributed by atoms with Crippen LogP contribution < -0.4 is 5.11 Å². The molecular weight excluding hydrogens is 264 g/mol. The van der Waals surface area contributed by atoms with Gasteiger partial charge in [-0.15, -0.1) is 0 Å². The van der Waals surface area contributed by atoms with Crippen molar-refractivity contribution in [3.8, 4) is 0 Å². The van der Waals surface area contributed by atoms with E-state index < -0.39 is 5.97 Å². The van der Waals surface area contributed by atoms with Crippen LogP contribution in [0.3, 0.4) is 0 Å². The van der Waals surface area contributed by atoms with Crippen LogP contribution in [0, 0.1) is 0 Å². The Morgan fingerprint density at radius 2 is 1.29 bits per heavy atom. The van der Waals surface area contributed by atoms with Crippen LogP contribution in [0.5, 0.6) is 0 Å². The molecule has 0 unspecified atom stereocenters. The first-order chi connectivity index (χ1) is 10.3. The molecule has 1 N–H and O–H groups in total. The second-order valence-electron chi connectivity index (χ2n) is 5.43. The first-order valence-electron chi connectivity index (χ1n) is 8.38. The molecule has 0 amide bonds. The van der Waals surface area contributed by atoms with Gasteiger partial charge in [0.1, 0.15) is 0 Å². The minimum Gasteiger partial charge on any atom is -0.550 e. The molecule has 0 aliphatic heterocycles. The Balaban J connectivity index is 3.18. The van der Waals surface area contributed by atoms with Crippen molar-refractivity contribution in [2.45, 2.75) is 77.0 Å². The smallest absolute Gasteiger partial charge is 0.0431 e. The summed E-state index contributed by atoms with van der Waals surface area (Å²) in [6, 6.07) is 0. The van der Waals surface area contributed by atoms with Crippen molar-refractivity contribution in [2.75, 3.05) is 6.61 Å². The highest BCUT2D eigenvalue weighted by Gasteiger charge is 1.90. The van der Waals surface area contributed by atoms with Crippen LogP contribution in [0.25, 0.3) is 0 Å². The predicted octanol–water partition coefficient (Wildman–Crippen LogP) is 3.52. The summed E-state index contributed by atoms with van der Waals surface area (Å²) in [4.78, 5) is 10.2. The van der Waals surface area contributed by atoms with Crippen LogP contribution in [0.2, 0.25) is 0 Å². The first-order valence-corrected chi connectivity index (χ1v) is 8.38. The van der Waals surface area contributed by atoms with Crippen molar-refractivity contribution in [3.05, 3.63) is 24.3 Å². The molecule has 0 aromatic heterocycles. The molecule has 0 heterocycles. The second kappa shape index (κ2) is 17.0. The molecule has 122 valence electrons. The number of allylic oxidation sites excluding steroid dienone is 4. The number of hydrogen-bond acceptors (Lipinski definition) is 3. The lowest BCUT2D eigenvalue weighted by Gasteiger charge is -2.01. The molecule has 0 aromatic carbocycles. The van der Waals surface area contributed by atoms with E-state index in [2.05, 4.69) is 24.3 Å². The monoisotopic (exact) mass is 295 g/mol. The van der Waals surface area contributed by atoms with E-state index in [9.17, 15) is 9.90 Å². The van der Waals surface area contributed by atoms with E-state index in [1.54, 1.807) is 0 Å². The zero-order chi connectivity index (χ0) is 15.6. The maximum Gasteiger partial charge on any atom is 0.0431 e. The molecule has 0 radical (unpaired) electrons. The van der Waals surface area contributed by atoms with Gasteiger partial charge in [0.25, 0.3) is 0 Å². The van der Waals surface area contributed by atoms with E-state index in [-0.39, 0.29) is 6.42 Å². The summed E-state index contributed by atoms with van der Waals surface area (Å²) in [7, 11) is 0. The SMILES string of the molecule is O=C([O-])CCCCCCC/C=C\C/C=C\CCCCCO. The zero-order valence-electron chi connectivity index (χ0n) is 13.3. The maximum atomic E-state index is 10.2. The van der Waals surface area contributed by atoms with E-state index >= 15 is 0 Å². The predicted molar refractivity (Wildman–Crippen MR) is 85.8 cm³/mol. The Labute approximate surface area is 129 Å². The molecular formula is C18H31O3-. The van der Waals surface area contributed by atoms with Crippen molar-refractivity contribution in [3.63, 3.8) is 0 Å². The molecule has 0 fully saturated rings. The quantitative estimate of drug-likeness (QED) is 0.371. The lowest BCUT2D eigenvalue weighted by atomic mass is 10.1. The van der Waals surface area contributed by atoms with Crippen LogP contribution in [0.15, 0.2) is 24.3 Å². The summed E-state index contributed by atoms with van der Waals surface area (Å²) >= 11 is 0. The lowest BCUT2D eigenvalue weighted by molar-refractivity contribution is -0.305. The highest BCUT2D eigenvalue weighted by atomic mass is 16.4. The van der Waals surface area contributed by atoms with Gasteiger partial charge >= 0.3 is 0 Å². The Hall–Kier alpha value is -1.09. The molecule has 0 spiro atoms. The molecule has 0 aliphatic rings. The van der Waals surface area contributed by atoms with Crippen LogP contribution >= 0.6 is 0 Å². The largest absolute Gasteiger partial charge is 0.550 e. The Bertz CT molecular complexity index is 282. The Morgan fingerprint density at radius 1 is 0.762 bits per heavy atom. The molecule has 0 saturated carbocycles. The van der Waals surface area contributed by atoms with Crippen molar-refractivity contribution < 1.29 is 15.0 Å². The van der Waals surface area contributed by atoms with Gasteiger partial charge in [0.15, 0.2) is 0 Å². The Kier molecular flexibility index (Phi) is 16.1. The summed E-state index contributed by atoms with van der Waals surface area (Å²) in [5, 5.41) is 18.9. The highest BCUT2D eigenvalue weighted by Crippen LogP contribution is 2.07. The van der Waals surface area contributed by atoms with Gasteiger partial charge in [0, 0.05) is 12.6 Å². The summed E-state index contributed by atoms with van der Waals surface area (Å²) in [5.41, 5.74) is 0. The number of hydrogen-bond donors (Lipinski definition) is 1. The number of aliphatic hydroxyl groups is 1. The third-order valence-electron chi connectivity index (χ3n) is 3.39. The number of carbonyl (C=O) groups excluding carboxylic acids is 1. The highest BCUT2D eigenvalue weighted by molar-refractivity contribution is 5.63. The fourth-order valence-electron chi connectivity index (χ4n) is 2.12. The van der Waals surface area contributed by atoms with Gasteiger partial charge in [0.2, 0.25) is 0 Å². The van der Waals surface area contributed by atoms with Gasteiger partial charge in [-0.1, -0.05) is 50.0 Å². The van der Waals surface area contributed by atoms with Gasteiger partial charge < -0.3 is 15.0 Å². The molecule has 3 heteroatoms. The third kappa shape index (κ3) is 18.9. The molecule has 3 nitrogen and oxygen atoms in total. The van der Waals surface area contributed by atoms with Gasteiger partial charge in [0.05, 0.1) is 0 Å². The van der Waals surface area contributed by atoms with E-state index in [1.165, 1.54) is 19.3 Å². The zero-order valence-corrected chi connectivity index (χ0v) is 13.3. The number of carbonyl (C=O) groups is 1. The standard InChI is InChI=1S/C18H32O3/c19-17-15-13-11-9-7-5-3-1-2-4-6-8-10-12-14-16-18(20)21/h1-2,5,7,19H,3-4,6,8-17H2,(H,20,21)/p-1/b2-1-,7-5-. The summed E-state index contributed by atoms with van der Waals surface area (Å²) < 4.78 is 0. The fraction of sp³-hybridized carbons (Fsp3) is 0.722. The van der Waals surface area contributed by atoms with Crippen molar-refractivity contribution in [2.24, 2.45) is 0 Å². The maximum absolute atomic E-state index is 10.2. The molecule has 0 aromatic rings. The average Bonchev–Trinajstić information content (AvgIpc) is 2.46. The lowest BCUT2D eigenvalue weighted by Crippen LogP contribution is -2.21. The minimum atomic E-state index is -0.931. The number of rotatable bonds is 15. The van der Waals surface area contributed by atoms with Crippen LogP contribution in [0.4, 0.5) is 0 Å². The van der Waals surface area contributed by atoms with Crippen molar-refractivity contribution >= 4 is 5.97 Å². The molecule has 0 rings (SSSR count). The molecule has 0 bridgehead atoms. The molecule has 0 aliphatic carbocycles. The Morgan fingerprint density at radius 3 is 1.86 bits per heavy atom. The normalized spacial score (nSPS) is 11.7. The second-order valence-corrected chi connectivity index (χ2v) is 5.43. The number of unbranched alkanes of at least 4 members (excludes halogenated alkanes) is 8. The van der Waals surface area contributed by atoms with Gasteiger partial charge in [-0.2, -0.15) is 0 Å². The third-order valence-corrected chi connectivity index (χ3v) is 3.39. The molecule has 0 atom stereocenters. The van der Waals surface area contributed by atoms with Gasteiger partial charge in [-0.3, -0.25) is 0 Å². The number of carboxylic acids is 1. The summed E-state index contributed by atoms with van der Waals surface area (Å²) in [6.07, 6.45) is 20.7. The van der Waals surface area contributed by atoms with E-state index in [0.29, 0.717) is 6.61 Å². The molecule has 0 saturated heterocycles. The number of carboxylic acid groups (broad SMARTS) is 1. The topological polar surface area (TPSA) is 60.4 Å². The van der Waals surface area contributed by atoms with Crippen molar-refractivity contribution in [1.29, 1.82) is 0 Å².